The van der Waals surface area contributed by atoms with Crippen LogP contribution >= 0.6 is 0 Å². The molecule has 0 unspecified atom stereocenters. The van der Waals surface area contributed by atoms with E-state index in [1.165, 1.54) is 14.2 Å². The predicted octanol–water partition coefficient (Wildman–Crippen LogP) is 2.15. The van der Waals surface area contributed by atoms with Crippen LogP contribution in [0.4, 0.5) is 21.7 Å². The summed E-state index contributed by atoms with van der Waals surface area (Å²) in [6.45, 7) is 0. The third kappa shape index (κ3) is 4.53. The molecule has 0 radical (unpaired) electrons. The number of carbonyl (C=O) groups is 2. The number of nitrogens with two attached hydrogens (primary N) is 2. The van der Waals surface area contributed by atoms with Gasteiger partial charge < -0.3 is 31.6 Å². The van der Waals surface area contributed by atoms with Crippen LogP contribution in [0.5, 0.6) is 11.5 Å². The molecule has 2 amide bonds. The number of halogens is 1. The Labute approximate surface area is 172 Å². The lowest BCUT2D eigenvalue weighted by molar-refractivity contribution is -0.121. The number of nitrogens with one attached hydrogen (secondary N) is 2. The summed E-state index contributed by atoms with van der Waals surface area (Å²) in [5, 5.41) is 5.91. The van der Waals surface area contributed by atoms with E-state index in [1.54, 1.807) is 18.2 Å². The second kappa shape index (κ2) is 8.85. The quantitative estimate of drug-likeness (QED) is 0.515. The van der Waals surface area contributed by atoms with Gasteiger partial charge in [-0.25, -0.2) is 9.37 Å². The first-order valence-electron chi connectivity index (χ1n) is 9.38. The number of methoxy groups -OCH3 is 2. The van der Waals surface area contributed by atoms with Gasteiger partial charge >= 0.3 is 0 Å². The number of benzene rings is 1. The van der Waals surface area contributed by atoms with Crippen LogP contribution in [-0.2, 0) is 4.79 Å². The normalized spacial score (nSPS) is 18.0. The van der Waals surface area contributed by atoms with Gasteiger partial charge in [-0.3, -0.25) is 9.59 Å². The molecule has 0 spiro atoms. The van der Waals surface area contributed by atoms with Crippen molar-refractivity contribution in [3.05, 3.63) is 35.6 Å². The number of primary amides is 2. The summed E-state index contributed by atoms with van der Waals surface area (Å²) in [6, 6.07) is 5.66. The van der Waals surface area contributed by atoms with Gasteiger partial charge in [-0.15, -0.1) is 0 Å². The largest absolute Gasteiger partial charge is 0.497 e. The van der Waals surface area contributed by atoms with Crippen molar-refractivity contribution in [1.82, 2.24) is 4.98 Å². The zero-order valence-corrected chi connectivity index (χ0v) is 16.7. The molecular formula is C20H24FN5O4. The molecule has 1 saturated carbocycles. The van der Waals surface area contributed by atoms with Gasteiger partial charge in [0, 0.05) is 29.9 Å². The highest BCUT2D eigenvalue weighted by Crippen LogP contribution is 2.32. The molecular weight excluding hydrogens is 393 g/mol. The highest BCUT2D eigenvalue weighted by molar-refractivity contribution is 5.98. The predicted molar refractivity (Wildman–Crippen MR) is 109 cm³/mol. The van der Waals surface area contributed by atoms with E-state index in [0.717, 1.165) is 12.5 Å². The number of hydrogen-bond donors (Lipinski definition) is 4. The summed E-state index contributed by atoms with van der Waals surface area (Å²) in [4.78, 5) is 27.7. The molecule has 10 heteroatoms. The molecule has 6 N–H and O–H groups in total. The van der Waals surface area contributed by atoms with Crippen LogP contribution < -0.4 is 31.6 Å². The number of ether oxygens (including phenoxy) is 2. The second-order valence-corrected chi connectivity index (χ2v) is 7.00. The van der Waals surface area contributed by atoms with E-state index >= 15 is 0 Å². The van der Waals surface area contributed by atoms with Gasteiger partial charge in [0.05, 0.1) is 25.7 Å². The number of carbonyl (C=O) groups excluding carboxylic acids is 2. The minimum atomic E-state index is -0.846. The molecule has 1 aromatic heterocycles. The van der Waals surface area contributed by atoms with Crippen LogP contribution in [0.25, 0.3) is 0 Å². The lowest BCUT2D eigenvalue weighted by Gasteiger charge is -2.20. The Morgan fingerprint density at radius 2 is 1.73 bits per heavy atom. The highest BCUT2D eigenvalue weighted by atomic mass is 19.1. The molecule has 1 fully saturated rings. The van der Waals surface area contributed by atoms with Gasteiger partial charge in [-0.2, -0.15) is 0 Å². The van der Waals surface area contributed by atoms with Gasteiger partial charge in [-0.1, -0.05) is 6.42 Å². The molecule has 1 heterocycles. The van der Waals surface area contributed by atoms with Gasteiger partial charge in [0.1, 0.15) is 17.3 Å². The standard InChI is InChI=1S/C20H24FN5O4/c1-29-11-6-10(7-12(8-11)30-2)24-19-14(18(23)28)9-15(21)20(26-19)25-16-5-3-4-13(16)17(22)27/h6-9,13,16H,3-5H2,1-2H3,(H2,22,27)(H2,23,28)(H2,24,25,26)/t13-,16+/m0/s1. The van der Waals surface area contributed by atoms with E-state index in [-0.39, 0.29) is 23.2 Å². The summed E-state index contributed by atoms with van der Waals surface area (Å²) in [6.07, 6.45) is 2.08. The summed E-state index contributed by atoms with van der Waals surface area (Å²) < 4.78 is 25.1. The van der Waals surface area contributed by atoms with Crippen molar-refractivity contribution in [2.45, 2.75) is 25.3 Å². The van der Waals surface area contributed by atoms with Crippen molar-refractivity contribution in [3.63, 3.8) is 0 Å². The number of amides is 2. The number of pyridine rings is 1. The van der Waals surface area contributed by atoms with Crippen LogP contribution in [0.1, 0.15) is 29.6 Å². The summed E-state index contributed by atoms with van der Waals surface area (Å²) in [7, 11) is 3.00. The van der Waals surface area contributed by atoms with Crippen LogP contribution in [-0.4, -0.2) is 37.1 Å². The Kier molecular flexibility index (Phi) is 6.24. The molecule has 1 aliphatic rings. The SMILES string of the molecule is COc1cc(Nc2nc(N[C@@H]3CCC[C@@H]3C(N)=O)c(F)cc2C(N)=O)cc(OC)c1. The number of anilines is 3. The summed E-state index contributed by atoms with van der Waals surface area (Å²) in [5.74, 6) is -1.50. The topological polar surface area (TPSA) is 142 Å². The van der Waals surface area contributed by atoms with Crippen molar-refractivity contribution in [1.29, 1.82) is 0 Å². The van der Waals surface area contributed by atoms with Crippen LogP contribution in [0.2, 0.25) is 0 Å². The third-order valence-corrected chi connectivity index (χ3v) is 5.06. The van der Waals surface area contributed by atoms with Gasteiger partial charge in [0.2, 0.25) is 5.91 Å². The number of hydrogen-bond acceptors (Lipinski definition) is 7. The van der Waals surface area contributed by atoms with E-state index in [4.69, 9.17) is 20.9 Å². The Balaban J connectivity index is 1.96. The molecule has 2 aromatic rings. The molecule has 1 aromatic carbocycles. The molecule has 0 bridgehead atoms. The van der Waals surface area contributed by atoms with Gasteiger partial charge in [0.25, 0.3) is 5.91 Å². The van der Waals surface area contributed by atoms with E-state index in [1.807, 2.05) is 0 Å². The van der Waals surface area contributed by atoms with E-state index < -0.39 is 23.5 Å². The summed E-state index contributed by atoms with van der Waals surface area (Å²) >= 11 is 0. The first-order valence-corrected chi connectivity index (χ1v) is 9.38. The lowest BCUT2D eigenvalue weighted by Crippen LogP contribution is -2.34. The number of nitrogens with zero attached hydrogens (tertiary/aromatic N) is 1. The van der Waals surface area contributed by atoms with Crippen LogP contribution in [0.3, 0.4) is 0 Å². The fourth-order valence-corrected chi connectivity index (χ4v) is 3.54. The van der Waals surface area contributed by atoms with Crippen molar-refractivity contribution in [3.8, 4) is 11.5 Å². The van der Waals surface area contributed by atoms with E-state index in [2.05, 4.69) is 15.6 Å². The molecule has 9 nitrogen and oxygen atoms in total. The van der Waals surface area contributed by atoms with E-state index in [9.17, 15) is 14.0 Å². The molecule has 0 aliphatic heterocycles. The zero-order valence-electron chi connectivity index (χ0n) is 16.7. The zero-order chi connectivity index (χ0) is 21.8. The molecule has 1 aliphatic carbocycles. The highest BCUT2D eigenvalue weighted by Gasteiger charge is 2.32. The molecule has 3 rings (SSSR count). The molecule has 30 heavy (non-hydrogen) atoms. The van der Waals surface area contributed by atoms with Crippen molar-refractivity contribution in [2.24, 2.45) is 17.4 Å². The van der Waals surface area contributed by atoms with Crippen LogP contribution in [0, 0.1) is 11.7 Å². The van der Waals surface area contributed by atoms with E-state index in [0.29, 0.717) is 30.0 Å². The number of rotatable bonds is 8. The fourth-order valence-electron chi connectivity index (χ4n) is 3.54. The van der Waals surface area contributed by atoms with Gasteiger partial charge in [-0.05, 0) is 18.9 Å². The maximum atomic E-state index is 14.6. The van der Waals surface area contributed by atoms with Crippen molar-refractivity contribution >= 4 is 29.1 Å². The average molecular weight is 417 g/mol. The van der Waals surface area contributed by atoms with Crippen molar-refractivity contribution < 1.29 is 23.5 Å². The Morgan fingerprint density at radius 3 is 2.30 bits per heavy atom. The Hall–Kier alpha value is -3.56. The Morgan fingerprint density at radius 1 is 1.07 bits per heavy atom. The average Bonchev–Trinajstić information content (AvgIpc) is 3.18. The maximum absolute atomic E-state index is 14.6. The van der Waals surface area contributed by atoms with Crippen LogP contribution in [0.15, 0.2) is 24.3 Å². The summed E-state index contributed by atoms with van der Waals surface area (Å²) in [5.41, 5.74) is 11.2. The molecule has 0 saturated heterocycles. The maximum Gasteiger partial charge on any atom is 0.252 e. The number of aromatic nitrogens is 1. The van der Waals surface area contributed by atoms with Gasteiger partial charge in [0.15, 0.2) is 11.6 Å². The lowest BCUT2D eigenvalue weighted by atomic mass is 10.0. The smallest absolute Gasteiger partial charge is 0.252 e. The fraction of sp³-hybridized carbons (Fsp3) is 0.350. The van der Waals surface area contributed by atoms with Crippen molar-refractivity contribution in [2.75, 3.05) is 24.9 Å². The first kappa shape index (κ1) is 21.2. The minimum absolute atomic E-state index is 0.0512. The molecule has 2 atom stereocenters. The second-order valence-electron chi connectivity index (χ2n) is 7.00. The first-order chi connectivity index (χ1) is 14.3. The third-order valence-electron chi connectivity index (χ3n) is 5.06. The minimum Gasteiger partial charge on any atom is -0.497 e. The molecule has 160 valence electrons. The Bertz CT molecular complexity index is 946. The monoisotopic (exact) mass is 417 g/mol.